The molecule has 1 aliphatic heterocycles. The molecule has 4 rings (SSSR count). The van der Waals surface area contributed by atoms with Crippen LogP contribution in [0, 0.1) is 11.3 Å². The third-order valence-electron chi connectivity index (χ3n) is 5.77. The van der Waals surface area contributed by atoms with E-state index in [1.807, 2.05) is 30.3 Å². The van der Waals surface area contributed by atoms with Gasteiger partial charge in [-0.3, -0.25) is 4.79 Å². The van der Waals surface area contributed by atoms with E-state index in [9.17, 15) is 18.0 Å². The van der Waals surface area contributed by atoms with Crippen molar-refractivity contribution in [3.8, 4) is 6.07 Å². The van der Waals surface area contributed by atoms with Gasteiger partial charge >= 0.3 is 6.18 Å². The van der Waals surface area contributed by atoms with Crippen molar-refractivity contribution in [2.24, 2.45) is 0 Å². The molecule has 1 aliphatic rings. The summed E-state index contributed by atoms with van der Waals surface area (Å²) in [7, 11) is 0. The average molecular weight is 481 g/mol. The number of amides is 1. The number of carbonyl (C=O) groups excluding carboxylic acids is 1. The quantitative estimate of drug-likeness (QED) is 0.531. The molecule has 0 radical (unpaired) electrons. The number of alkyl halides is 3. The highest BCUT2D eigenvalue weighted by molar-refractivity contribution is 5.94. The molecule has 2 heterocycles. The van der Waals surface area contributed by atoms with Crippen molar-refractivity contribution in [3.05, 3.63) is 89.5 Å². The van der Waals surface area contributed by atoms with Gasteiger partial charge in [0, 0.05) is 37.7 Å². The molecule has 0 N–H and O–H groups in total. The Balaban J connectivity index is 1.55. The molecule has 35 heavy (non-hydrogen) atoms. The van der Waals surface area contributed by atoms with Crippen LogP contribution in [0.3, 0.4) is 0 Å². The summed E-state index contributed by atoms with van der Waals surface area (Å²) in [5.41, 5.74) is 0.221. The second-order valence-corrected chi connectivity index (χ2v) is 8.07. The molecule has 1 saturated heterocycles. The maximum absolute atomic E-state index is 13.5. The molecule has 180 valence electrons. The fraction of sp³-hybridized carbons (Fsp3) is 0.280. The highest BCUT2D eigenvalue weighted by Gasteiger charge is 2.36. The first-order valence-corrected chi connectivity index (χ1v) is 10.9. The van der Waals surface area contributed by atoms with Crippen LogP contribution in [0.2, 0.25) is 0 Å². The fourth-order valence-electron chi connectivity index (χ4n) is 4.02. The summed E-state index contributed by atoms with van der Waals surface area (Å²) < 4.78 is 46.4. The number of ether oxygens (including phenoxy) is 1. The van der Waals surface area contributed by atoms with E-state index < -0.39 is 23.3 Å². The first-order chi connectivity index (χ1) is 16.9. The number of nitrogens with zero attached hydrogens (tertiary/aromatic N) is 5. The van der Waals surface area contributed by atoms with Crippen LogP contribution in [0.1, 0.15) is 27.0 Å². The molecule has 0 spiro atoms. The summed E-state index contributed by atoms with van der Waals surface area (Å²) in [6.45, 7) is 1.37. The summed E-state index contributed by atoms with van der Waals surface area (Å²) in [6.07, 6.45) is -0.456. The lowest BCUT2D eigenvalue weighted by Crippen LogP contribution is -2.57. The molecule has 0 saturated carbocycles. The predicted octanol–water partition coefficient (Wildman–Crippen LogP) is 3.91. The maximum Gasteiger partial charge on any atom is 0.417 e. The Bertz CT molecular complexity index is 1200. The Morgan fingerprint density at radius 1 is 1.11 bits per heavy atom. The van der Waals surface area contributed by atoms with E-state index in [1.54, 1.807) is 15.9 Å². The van der Waals surface area contributed by atoms with Crippen LogP contribution >= 0.6 is 0 Å². The van der Waals surface area contributed by atoms with Crippen LogP contribution in [0.15, 0.2) is 67.3 Å². The number of benzene rings is 2. The molecule has 3 aromatic rings. The van der Waals surface area contributed by atoms with Crippen LogP contribution in [0.25, 0.3) is 0 Å². The SMILES string of the molecule is N#Cc1ccc(N2CCN(C(=O)c3cncnc3)C(COCc3ccccc3)C2)cc1C(F)(F)F. The summed E-state index contributed by atoms with van der Waals surface area (Å²) >= 11 is 0. The van der Waals surface area contributed by atoms with E-state index in [0.29, 0.717) is 24.4 Å². The van der Waals surface area contributed by atoms with Gasteiger partial charge in [-0.25, -0.2) is 9.97 Å². The van der Waals surface area contributed by atoms with Crippen LogP contribution < -0.4 is 4.90 Å². The zero-order chi connectivity index (χ0) is 24.8. The molecular formula is C25H22F3N5O2. The molecule has 2 aromatic carbocycles. The van der Waals surface area contributed by atoms with Gasteiger partial charge < -0.3 is 14.5 Å². The normalized spacial score (nSPS) is 16.1. The fourth-order valence-corrected chi connectivity index (χ4v) is 4.02. The smallest absolute Gasteiger partial charge is 0.375 e. The minimum atomic E-state index is -4.65. The van der Waals surface area contributed by atoms with Crippen LogP contribution in [0.4, 0.5) is 18.9 Å². The van der Waals surface area contributed by atoms with Crippen molar-refractivity contribution < 1.29 is 22.7 Å². The van der Waals surface area contributed by atoms with Gasteiger partial charge in [-0.05, 0) is 23.8 Å². The lowest BCUT2D eigenvalue weighted by Gasteiger charge is -2.42. The molecule has 0 aliphatic carbocycles. The second-order valence-electron chi connectivity index (χ2n) is 8.07. The zero-order valence-electron chi connectivity index (χ0n) is 18.7. The Kier molecular flexibility index (Phi) is 7.27. The van der Waals surface area contributed by atoms with E-state index in [2.05, 4.69) is 9.97 Å². The zero-order valence-corrected chi connectivity index (χ0v) is 18.7. The van der Waals surface area contributed by atoms with E-state index in [1.165, 1.54) is 30.9 Å². The number of nitriles is 1. The Labute approximate surface area is 200 Å². The Morgan fingerprint density at radius 2 is 1.86 bits per heavy atom. The topological polar surface area (TPSA) is 82.4 Å². The van der Waals surface area contributed by atoms with Gasteiger partial charge in [0.05, 0.1) is 42.0 Å². The van der Waals surface area contributed by atoms with Gasteiger partial charge in [0.25, 0.3) is 5.91 Å². The lowest BCUT2D eigenvalue weighted by molar-refractivity contribution is -0.137. The predicted molar refractivity (Wildman–Crippen MR) is 121 cm³/mol. The summed E-state index contributed by atoms with van der Waals surface area (Å²) in [5, 5.41) is 9.09. The van der Waals surface area contributed by atoms with Crippen molar-refractivity contribution in [1.82, 2.24) is 14.9 Å². The third-order valence-corrected chi connectivity index (χ3v) is 5.77. The standard InChI is InChI=1S/C25H22F3N5O2/c26-25(27,28)23-10-21(7-6-19(23)11-29)32-8-9-33(24(34)20-12-30-17-31-13-20)22(14-32)16-35-15-18-4-2-1-3-5-18/h1-7,10,12-13,17,22H,8-9,14-16H2. The van der Waals surface area contributed by atoms with Gasteiger partial charge in [0.2, 0.25) is 0 Å². The van der Waals surface area contributed by atoms with Gasteiger partial charge in [0.15, 0.2) is 0 Å². The summed E-state index contributed by atoms with van der Waals surface area (Å²) in [4.78, 5) is 24.4. The van der Waals surface area contributed by atoms with E-state index in [4.69, 9.17) is 10.00 Å². The number of anilines is 1. The molecule has 1 aromatic heterocycles. The van der Waals surface area contributed by atoms with E-state index >= 15 is 0 Å². The minimum absolute atomic E-state index is 0.188. The lowest BCUT2D eigenvalue weighted by atomic mass is 10.0. The van der Waals surface area contributed by atoms with Crippen molar-refractivity contribution in [2.45, 2.75) is 18.8 Å². The number of rotatable bonds is 6. The minimum Gasteiger partial charge on any atom is -0.375 e. The van der Waals surface area contributed by atoms with E-state index in [0.717, 1.165) is 11.6 Å². The van der Waals surface area contributed by atoms with Gasteiger partial charge in [-0.1, -0.05) is 30.3 Å². The molecule has 0 bridgehead atoms. The van der Waals surface area contributed by atoms with E-state index in [-0.39, 0.29) is 25.6 Å². The molecule has 1 fully saturated rings. The summed E-state index contributed by atoms with van der Waals surface area (Å²) in [6, 6.07) is 14.4. The molecule has 1 amide bonds. The van der Waals surface area contributed by atoms with Gasteiger partial charge in [-0.15, -0.1) is 0 Å². The summed E-state index contributed by atoms with van der Waals surface area (Å²) in [5.74, 6) is -0.269. The number of hydrogen-bond donors (Lipinski definition) is 0. The molecule has 7 nitrogen and oxygen atoms in total. The number of aromatic nitrogens is 2. The van der Waals surface area contributed by atoms with Crippen LogP contribution in [-0.4, -0.2) is 53.1 Å². The first kappa shape index (κ1) is 24.2. The third kappa shape index (κ3) is 5.75. The second kappa shape index (κ2) is 10.5. The van der Waals surface area contributed by atoms with Crippen molar-refractivity contribution >= 4 is 11.6 Å². The number of hydrogen-bond acceptors (Lipinski definition) is 6. The highest BCUT2D eigenvalue weighted by Crippen LogP contribution is 2.35. The van der Waals surface area contributed by atoms with Crippen LogP contribution in [0.5, 0.6) is 0 Å². The first-order valence-electron chi connectivity index (χ1n) is 10.9. The average Bonchev–Trinajstić information content (AvgIpc) is 2.88. The maximum atomic E-state index is 13.5. The molecule has 10 heteroatoms. The van der Waals surface area contributed by atoms with Crippen molar-refractivity contribution in [1.29, 1.82) is 5.26 Å². The largest absolute Gasteiger partial charge is 0.417 e. The highest BCUT2D eigenvalue weighted by atomic mass is 19.4. The van der Waals surface area contributed by atoms with Gasteiger partial charge in [0.1, 0.15) is 6.33 Å². The van der Waals surface area contributed by atoms with Crippen molar-refractivity contribution in [3.63, 3.8) is 0 Å². The number of piperazine rings is 1. The number of halogens is 3. The van der Waals surface area contributed by atoms with Crippen LogP contribution in [-0.2, 0) is 17.5 Å². The molecule has 1 unspecified atom stereocenters. The molecule has 1 atom stereocenters. The Morgan fingerprint density at radius 3 is 2.54 bits per heavy atom. The van der Waals surface area contributed by atoms with Crippen molar-refractivity contribution in [2.75, 3.05) is 31.1 Å². The number of carbonyl (C=O) groups is 1. The van der Waals surface area contributed by atoms with Gasteiger partial charge in [-0.2, -0.15) is 18.4 Å². The molecular weight excluding hydrogens is 459 g/mol. The Hall–Kier alpha value is -3.97. The monoisotopic (exact) mass is 481 g/mol.